The zero-order valence-electron chi connectivity index (χ0n) is 20.7. The second-order valence-corrected chi connectivity index (χ2v) is 10.2. The van der Waals surface area contributed by atoms with Gasteiger partial charge in [0.15, 0.2) is 0 Å². The molecule has 1 aromatic heterocycles. The van der Waals surface area contributed by atoms with Gasteiger partial charge in [-0.1, -0.05) is 55.7 Å². The number of benzene rings is 2. The Morgan fingerprint density at radius 3 is 2.36 bits per heavy atom. The van der Waals surface area contributed by atoms with Crippen LogP contribution >= 0.6 is 11.3 Å². The molecule has 1 N–H and O–H groups in total. The molecular formula is C29H32N2O4S. The van der Waals surface area contributed by atoms with E-state index < -0.39 is 12.0 Å². The molecule has 6 nitrogen and oxygen atoms in total. The summed E-state index contributed by atoms with van der Waals surface area (Å²) in [5.74, 6) is -0.822. The topological polar surface area (TPSA) is 75.7 Å². The minimum atomic E-state index is -0.882. The van der Waals surface area contributed by atoms with Crippen molar-refractivity contribution in [2.45, 2.75) is 57.5 Å². The van der Waals surface area contributed by atoms with Crippen LogP contribution < -0.4 is 10.2 Å². The molecule has 1 aliphatic carbocycles. The van der Waals surface area contributed by atoms with Crippen LogP contribution in [0.1, 0.15) is 64.5 Å². The number of hydrogen-bond donors (Lipinski definition) is 1. The number of para-hydroxylation sites is 1. The number of carbonyl (C=O) groups excluding carboxylic acids is 3. The van der Waals surface area contributed by atoms with Gasteiger partial charge in [0.25, 0.3) is 0 Å². The maximum atomic E-state index is 13.9. The number of nitrogens with one attached hydrogen (secondary N) is 1. The van der Waals surface area contributed by atoms with Crippen LogP contribution in [0.2, 0.25) is 0 Å². The number of rotatable bonds is 8. The zero-order valence-corrected chi connectivity index (χ0v) is 21.6. The fourth-order valence-corrected chi connectivity index (χ4v) is 5.46. The molecule has 1 heterocycles. The Morgan fingerprint density at radius 2 is 1.72 bits per heavy atom. The number of aryl methyl sites for hydroxylation is 1. The first-order valence-corrected chi connectivity index (χ1v) is 13.2. The van der Waals surface area contributed by atoms with Crippen LogP contribution in [-0.2, 0) is 20.7 Å². The summed E-state index contributed by atoms with van der Waals surface area (Å²) < 4.78 is 4.83. The predicted molar refractivity (Wildman–Crippen MR) is 142 cm³/mol. The minimum absolute atomic E-state index is 0.0919. The van der Waals surface area contributed by atoms with Crippen molar-refractivity contribution in [3.8, 4) is 0 Å². The molecule has 36 heavy (non-hydrogen) atoms. The van der Waals surface area contributed by atoms with Crippen molar-refractivity contribution in [2.24, 2.45) is 0 Å². The van der Waals surface area contributed by atoms with Gasteiger partial charge < -0.3 is 10.1 Å². The number of methoxy groups -OCH3 is 1. The SMILES string of the molecule is COC(=O)c1ccc(C(C(=O)NC2CCCCC2)N(C(=O)Cc2cccs2)c2ccccc2C)cc1. The Morgan fingerprint density at radius 1 is 1.00 bits per heavy atom. The predicted octanol–water partition coefficient (Wildman–Crippen LogP) is 5.61. The van der Waals surface area contributed by atoms with Crippen LogP contribution in [0.4, 0.5) is 5.69 Å². The number of thiophene rings is 1. The molecule has 2 amide bonds. The summed E-state index contributed by atoms with van der Waals surface area (Å²) in [6.45, 7) is 1.94. The van der Waals surface area contributed by atoms with Crippen LogP contribution in [-0.4, -0.2) is 30.9 Å². The maximum absolute atomic E-state index is 13.9. The van der Waals surface area contributed by atoms with Crippen LogP contribution in [0.25, 0.3) is 0 Å². The molecule has 7 heteroatoms. The third-order valence-corrected chi connectivity index (χ3v) is 7.53. The van der Waals surface area contributed by atoms with E-state index in [9.17, 15) is 14.4 Å². The molecule has 0 radical (unpaired) electrons. The van der Waals surface area contributed by atoms with Gasteiger partial charge >= 0.3 is 5.97 Å². The quantitative estimate of drug-likeness (QED) is 0.405. The lowest BCUT2D eigenvalue weighted by Crippen LogP contribution is -2.48. The Kier molecular flexibility index (Phi) is 8.54. The maximum Gasteiger partial charge on any atom is 0.337 e. The van der Waals surface area contributed by atoms with Gasteiger partial charge in [-0.3, -0.25) is 14.5 Å². The summed E-state index contributed by atoms with van der Waals surface area (Å²) in [6, 6.07) is 17.4. The highest BCUT2D eigenvalue weighted by molar-refractivity contribution is 7.10. The second kappa shape index (κ2) is 12.0. The molecule has 4 rings (SSSR count). The summed E-state index contributed by atoms with van der Waals surface area (Å²) in [4.78, 5) is 42.4. The lowest BCUT2D eigenvalue weighted by atomic mass is 9.94. The Bertz CT molecular complexity index is 1180. The molecule has 0 aliphatic heterocycles. The average Bonchev–Trinajstić information content (AvgIpc) is 3.41. The molecular weight excluding hydrogens is 472 g/mol. The molecule has 1 saturated carbocycles. The number of esters is 1. The van der Waals surface area contributed by atoms with Gasteiger partial charge in [0, 0.05) is 16.6 Å². The van der Waals surface area contributed by atoms with Crippen molar-refractivity contribution in [3.63, 3.8) is 0 Å². The molecule has 0 spiro atoms. The molecule has 0 bridgehead atoms. The van der Waals surface area contributed by atoms with Crippen molar-refractivity contribution in [1.29, 1.82) is 0 Å². The van der Waals surface area contributed by atoms with E-state index in [1.807, 2.05) is 48.7 Å². The normalized spacial score (nSPS) is 14.6. The molecule has 0 saturated heterocycles. The Balaban J connectivity index is 1.77. The summed E-state index contributed by atoms with van der Waals surface area (Å²) in [7, 11) is 1.33. The number of carbonyl (C=O) groups is 3. The van der Waals surface area contributed by atoms with Crippen LogP contribution in [0.15, 0.2) is 66.0 Å². The van der Waals surface area contributed by atoms with Crippen LogP contribution in [0, 0.1) is 6.92 Å². The summed E-state index contributed by atoms with van der Waals surface area (Å²) in [6.07, 6.45) is 5.42. The van der Waals surface area contributed by atoms with Gasteiger partial charge in [0.05, 0.1) is 19.1 Å². The Hall–Kier alpha value is -3.45. The van der Waals surface area contributed by atoms with E-state index in [1.165, 1.54) is 24.9 Å². The van der Waals surface area contributed by atoms with Gasteiger partial charge in [-0.2, -0.15) is 0 Å². The van der Waals surface area contributed by atoms with Crippen LogP contribution in [0.3, 0.4) is 0 Å². The van der Waals surface area contributed by atoms with Crippen molar-refractivity contribution >= 4 is 34.8 Å². The number of nitrogens with zero attached hydrogens (tertiary/aromatic N) is 1. The summed E-state index contributed by atoms with van der Waals surface area (Å²) >= 11 is 1.52. The largest absolute Gasteiger partial charge is 0.465 e. The Labute approximate surface area is 216 Å². The van der Waals surface area contributed by atoms with Crippen LogP contribution in [0.5, 0.6) is 0 Å². The van der Waals surface area contributed by atoms with E-state index in [0.29, 0.717) is 16.8 Å². The van der Waals surface area contributed by atoms with E-state index in [4.69, 9.17) is 4.74 Å². The highest BCUT2D eigenvalue weighted by Crippen LogP contribution is 2.32. The standard InChI is InChI=1S/C29H32N2O4S/c1-20-9-6-7-13-25(20)31(26(32)19-24-12-8-18-36-24)27(28(33)30-23-10-4-3-5-11-23)21-14-16-22(17-15-21)29(34)35-2/h6-9,12-18,23,27H,3-5,10-11,19H2,1-2H3,(H,30,33). The fraction of sp³-hybridized carbons (Fsp3) is 0.345. The van der Waals surface area contributed by atoms with E-state index in [1.54, 1.807) is 29.2 Å². The highest BCUT2D eigenvalue weighted by atomic mass is 32.1. The van der Waals surface area contributed by atoms with Crippen molar-refractivity contribution in [3.05, 3.63) is 87.6 Å². The lowest BCUT2D eigenvalue weighted by molar-refractivity contribution is -0.127. The molecule has 1 unspecified atom stereocenters. The van der Waals surface area contributed by atoms with E-state index in [0.717, 1.165) is 36.1 Å². The van der Waals surface area contributed by atoms with Crippen molar-refractivity contribution in [1.82, 2.24) is 5.32 Å². The van der Waals surface area contributed by atoms with Gasteiger partial charge in [-0.05, 0) is 60.5 Å². The molecule has 3 aromatic rings. The number of hydrogen-bond acceptors (Lipinski definition) is 5. The average molecular weight is 505 g/mol. The highest BCUT2D eigenvalue weighted by Gasteiger charge is 2.35. The molecule has 1 aliphatic rings. The number of ether oxygens (including phenoxy) is 1. The van der Waals surface area contributed by atoms with Gasteiger partial charge in [-0.15, -0.1) is 11.3 Å². The first kappa shape index (κ1) is 25.6. The first-order chi connectivity index (χ1) is 17.5. The number of amides is 2. The van der Waals surface area contributed by atoms with Gasteiger partial charge in [0.2, 0.25) is 11.8 Å². The van der Waals surface area contributed by atoms with Gasteiger partial charge in [-0.25, -0.2) is 4.79 Å². The van der Waals surface area contributed by atoms with E-state index >= 15 is 0 Å². The third-order valence-electron chi connectivity index (χ3n) is 6.65. The molecule has 1 atom stereocenters. The summed E-state index contributed by atoms with van der Waals surface area (Å²) in [5.41, 5.74) is 2.62. The smallest absolute Gasteiger partial charge is 0.337 e. The molecule has 2 aromatic carbocycles. The second-order valence-electron chi connectivity index (χ2n) is 9.17. The molecule has 1 fully saturated rings. The zero-order chi connectivity index (χ0) is 25.5. The van der Waals surface area contributed by atoms with Crippen molar-refractivity contribution in [2.75, 3.05) is 12.0 Å². The minimum Gasteiger partial charge on any atom is -0.465 e. The monoisotopic (exact) mass is 504 g/mol. The lowest BCUT2D eigenvalue weighted by Gasteiger charge is -2.34. The number of anilines is 1. The van der Waals surface area contributed by atoms with E-state index in [-0.39, 0.29) is 24.3 Å². The van der Waals surface area contributed by atoms with Crippen molar-refractivity contribution < 1.29 is 19.1 Å². The van der Waals surface area contributed by atoms with Gasteiger partial charge in [0.1, 0.15) is 6.04 Å². The molecule has 188 valence electrons. The third kappa shape index (κ3) is 6.02. The summed E-state index contributed by atoms with van der Waals surface area (Å²) in [5, 5.41) is 5.17. The first-order valence-electron chi connectivity index (χ1n) is 12.4. The fourth-order valence-electron chi connectivity index (χ4n) is 4.76. The van der Waals surface area contributed by atoms with E-state index in [2.05, 4.69) is 5.32 Å².